The molecule has 1 amide bonds. The van der Waals surface area contributed by atoms with Crippen LogP contribution in [0.25, 0.3) is 11.0 Å². The van der Waals surface area contributed by atoms with E-state index in [-0.39, 0.29) is 17.3 Å². The fourth-order valence-corrected chi connectivity index (χ4v) is 3.33. The largest absolute Gasteiger partial charge is 0.323 e. The van der Waals surface area contributed by atoms with Gasteiger partial charge in [0, 0.05) is 6.54 Å². The number of nitrogens with one attached hydrogen (secondary N) is 1. The summed E-state index contributed by atoms with van der Waals surface area (Å²) in [6.45, 7) is 6.18. The first-order valence-electron chi connectivity index (χ1n) is 7.83. The molecule has 0 saturated carbocycles. The lowest BCUT2D eigenvalue weighted by Crippen LogP contribution is -2.15. The molecule has 0 aliphatic rings. The second kappa shape index (κ2) is 7.53. The van der Waals surface area contributed by atoms with Crippen LogP contribution >= 0.6 is 11.8 Å². The van der Waals surface area contributed by atoms with Crippen LogP contribution in [0.3, 0.4) is 0 Å². The zero-order chi connectivity index (χ0) is 17.8. The predicted molar refractivity (Wildman–Crippen MR) is 100 cm³/mol. The minimum absolute atomic E-state index is 0.147. The third kappa shape index (κ3) is 3.91. The fraction of sp³-hybridized carbons (Fsp3) is 0.158. The van der Waals surface area contributed by atoms with Crippen molar-refractivity contribution >= 4 is 34.4 Å². The number of carbonyl (C=O) groups is 1. The predicted octanol–water partition coefficient (Wildman–Crippen LogP) is 4.40. The number of nitrogens with zero attached hydrogens (tertiary/aromatic N) is 2. The lowest BCUT2D eigenvalue weighted by molar-refractivity contribution is -0.113. The average Bonchev–Trinajstić information content (AvgIpc) is 2.94. The van der Waals surface area contributed by atoms with Gasteiger partial charge in [0.25, 0.3) is 0 Å². The Morgan fingerprint density at radius 2 is 2.16 bits per heavy atom. The monoisotopic (exact) mass is 355 g/mol. The normalized spacial score (nSPS) is 10.8. The second-order valence-corrected chi connectivity index (χ2v) is 6.55. The van der Waals surface area contributed by atoms with Crippen LogP contribution in [0.4, 0.5) is 10.1 Å². The number of hydrogen-bond acceptors (Lipinski definition) is 3. The van der Waals surface area contributed by atoms with Crippen LogP contribution in [0.1, 0.15) is 5.56 Å². The number of imidazole rings is 1. The molecule has 3 rings (SSSR count). The Bertz CT molecular complexity index is 936. The number of hydrogen-bond donors (Lipinski definition) is 1. The number of para-hydroxylation sites is 2. The van der Waals surface area contributed by atoms with E-state index >= 15 is 0 Å². The quantitative estimate of drug-likeness (QED) is 0.527. The van der Waals surface area contributed by atoms with E-state index in [2.05, 4.69) is 16.9 Å². The molecule has 1 aromatic heterocycles. The van der Waals surface area contributed by atoms with Crippen molar-refractivity contribution in [2.45, 2.75) is 18.6 Å². The number of allylic oxidation sites excluding steroid dienone is 1. The molecule has 2 aromatic carbocycles. The first-order chi connectivity index (χ1) is 12.1. The van der Waals surface area contributed by atoms with E-state index in [4.69, 9.17) is 0 Å². The second-order valence-electron chi connectivity index (χ2n) is 5.60. The fourth-order valence-electron chi connectivity index (χ4n) is 2.51. The van der Waals surface area contributed by atoms with Crippen LogP contribution in [0, 0.1) is 12.7 Å². The Morgan fingerprint density at radius 3 is 2.92 bits per heavy atom. The minimum Gasteiger partial charge on any atom is -0.323 e. The van der Waals surface area contributed by atoms with Crippen molar-refractivity contribution in [2.75, 3.05) is 11.1 Å². The van der Waals surface area contributed by atoms with Crippen LogP contribution in [-0.2, 0) is 11.3 Å². The van der Waals surface area contributed by atoms with Gasteiger partial charge < -0.3 is 9.88 Å². The van der Waals surface area contributed by atoms with Gasteiger partial charge in [-0.15, -0.1) is 6.58 Å². The van der Waals surface area contributed by atoms with Crippen LogP contribution in [0.5, 0.6) is 0 Å². The third-order valence-corrected chi connectivity index (χ3v) is 4.64. The van der Waals surface area contributed by atoms with Gasteiger partial charge in [-0.1, -0.05) is 36.0 Å². The lowest BCUT2D eigenvalue weighted by Gasteiger charge is -2.08. The Balaban J connectivity index is 1.72. The van der Waals surface area contributed by atoms with Crippen LogP contribution in [0.15, 0.2) is 60.3 Å². The Morgan fingerprint density at radius 1 is 1.36 bits per heavy atom. The molecule has 6 heteroatoms. The van der Waals surface area contributed by atoms with Gasteiger partial charge in [-0.05, 0) is 36.8 Å². The Kier molecular flexibility index (Phi) is 5.19. The summed E-state index contributed by atoms with van der Waals surface area (Å²) in [6.07, 6.45) is 1.79. The molecule has 0 saturated heterocycles. The van der Waals surface area contributed by atoms with Crippen molar-refractivity contribution in [1.82, 2.24) is 9.55 Å². The lowest BCUT2D eigenvalue weighted by atomic mass is 10.2. The van der Waals surface area contributed by atoms with Crippen molar-refractivity contribution in [3.05, 3.63) is 66.5 Å². The molecule has 3 aromatic rings. The highest BCUT2D eigenvalue weighted by Gasteiger charge is 2.13. The number of amides is 1. The molecule has 4 nitrogen and oxygen atoms in total. The van der Waals surface area contributed by atoms with E-state index in [9.17, 15) is 9.18 Å². The summed E-state index contributed by atoms with van der Waals surface area (Å²) in [6, 6.07) is 12.5. The van der Waals surface area contributed by atoms with Gasteiger partial charge in [0.1, 0.15) is 5.82 Å². The zero-order valence-electron chi connectivity index (χ0n) is 13.8. The molecular weight excluding hydrogens is 337 g/mol. The highest BCUT2D eigenvalue weighted by atomic mass is 32.2. The van der Waals surface area contributed by atoms with Gasteiger partial charge in [0.15, 0.2) is 5.16 Å². The molecule has 0 radical (unpaired) electrons. The van der Waals surface area contributed by atoms with Gasteiger partial charge in [0.2, 0.25) is 5.91 Å². The molecule has 0 bridgehead atoms. The first kappa shape index (κ1) is 17.2. The maximum absolute atomic E-state index is 13.8. The first-order valence-corrected chi connectivity index (χ1v) is 8.82. The maximum atomic E-state index is 13.8. The van der Waals surface area contributed by atoms with Crippen molar-refractivity contribution in [3.63, 3.8) is 0 Å². The summed E-state index contributed by atoms with van der Waals surface area (Å²) < 4.78 is 15.8. The molecule has 1 heterocycles. The number of thioether (sulfide) groups is 1. The number of rotatable bonds is 6. The number of carbonyl (C=O) groups excluding carboxylic acids is 1. The van der Waals surface area contributed by atoms with Crippen molar-refractivity contribution in [2.24, 2.45) is 0 Å². The van der Waals surface area contributed by atoms with Gasteiger partial charge in [-0.2, -0.15) is 0 Å². The maximum Gasteiger partial charge on any atom is 0.234 e. The summed E-state index contributed by atoms with van der Waals surface area (Å²) >= 11 is 1.32. The van der Waals surface area contributed by atoms with Crippen molar-refractivity contribution < 1.29 is 9.18 Å². The van der Waals surface area contributed by atoms with E-state index in [0.29, 0.717) is 6.54 Å². The topological polar surface area (TPSA) is 46.9 Å². The number of aryl methyl sites for hydroxylation is 1. The summed E-state index contributed by atoms with van der Waals surface area (Å²) in [5.41, 5.74) is 2.87. The van der Waals surface area contributed by atoms with Gasteiger partial charge in [-0.25, -0.2) is 9.37 Å². The average molecular weight is 355 g/mol. The highest BCUT2D eigenvalue weighted by Crippen LogP contribution is 2.24. The molecule has 0 spiro atoms. The van der Waals surface area contributed by atoms with E-state index in [1.54, 1.807) is 25.1 Å². The summed E-state index contributed by atoms with van der Waals surface area (Å²) in [5.74, 6) is -0.560. The van der Waals surface area contributed by atoms with Gasteiger partial charge >= 0.3 is 0 Å². The summed E-state index contributed by atoms with van der Waals surface area (Å²) in [5, 5.41) is 3.34. The molecule has 1 N–H and O–H groups in total. The Hall–Kier alpha value is -2.60. The SMILES string of the molecule is C=CCn1c(SCC(=O)Nc2ccc(C)cc2F)nc2ccccc21. The van der Waals surface area contributed by atoms with E-state index in [1.165, 1.54) is 17.8 Å². The molecular formula is C19H18FN3OS. The van der Waals surface area contributed by atoms with E-state index in [0.717, 1.165) is 21.8 Å². The summed E-state index contributed by atoms with van der Waals surface area (Å²) in [7, 11) is 0. The van der Waals surface area contributed by atoms with E-state index < -0.39 is 5.82 Å². The molecule has 0 aliphatic heterocycles. The van der Waals surface area contributed by atoms with Gasteiger partial charge in [0.05, 0.1) is 22.5 Å². The minimum atomic E-state index is -0.433. The van der Waals surface area contributed by atoms with Crippen LogP contribution < -0.4 is 5.32 Å². The number of halogens is 1. The molecule has 0 atom stereocenters. The molecule has 128 valence electrons. The summed E-state index contributed by atoms with van der Waals surface area (Å²) in [4.78, 5) is 16.7. The smallest absolute Gasteiger partial charge is 0.234 e. The van der Waals surface area contributed by atoms with E-state index in [1.807, 2.05) is 28.8 Å². The highest BCUT2D eigenvalue weighted by molar-refractivity contribution is 7.99. The number of benzene rings is 2. The standard InChI is InChI=1S/C19H18FN3OS/c1-3-10-23-17-7-5-4-6-16(17)22-19(23)25-12-18(24)21-15-9-8-13(2)11-14(15)20/h3-9,11H,1,10,12H2,2H3,(H,21,24). The Labute approximate surface area is 149 Å². The van der Waals surface area contributed by atoms with Gasteiger partial charge in [-0.3, -0.25) is 4.79 Å². The molecule has 0 aliphatic carbocycles. The van der Waals surface area contributed by atoms with Crippen LogP contribution in [0.2, 0.25) is 0 Å². The molecule has 0 unspecified atom stereocenters. The third-order valence-electron chi connectivity index (χ3n) is 3.66. The van der Waals surface area contributed by atoms with Crippen molar-refractivity contribution in [1.29, 1.82) is 0 Å². The zero-order valence-corrected chi connectivity index (χ0v) is 14.6. The molecule has 25 heavy (non-hydrogen) atoms. The van der Waals surface area contributed by atoms with Crippen molar-refractivity contribution in [3.8, 4) is 0 Å². The number of fused-ring (bicyclic) bond motifs is 1. The molecule has 0 fully saturated rings. The number of aromatic nitrogens is 2. The number of anilines is 1. The van der Waals surface area contributed by atoms with Crippen LogP contribution in [-0.4, -0.2) is 21.2 Å².